The van der Waals surface area contributed by atoms with Gasteiger partial charge in [-0.15, -0.1) is 0 Å². The van der Waals surface area contributed by atoms with Crippen molar-refractivity contribution in [2.45, 2.75) is 13.0 Å². The third-order valence-corrected chi connectivity index (χ3v) is 5.41. The van der Waals surface area contributed by atoms with Crippen LogP contribution in [0.1, 0.15) is 12.5 Å². The summed E-state index contributed by atoms with van der Waals surface area (Å²) in [7, 11) is 0. The molecule has 8 heteroatoms. The molecule has 1 N–H and O–H groups in total. The predicted molar refractivity (Wildman–Crippen MR) is 109 cm³/mol. The Labute approximate surface area is 173 Å². The third kappa shape index (κ3) is 4.56. The van der Waals surface area contributed by atoms with E-state index in [1.54, 1.807) is 30.3 Å². The van der Waals surface area contributed by atoms with E-state index in [1.807, 2.05) is 22.8 Å². The second-order valence-corrected chi connectivity index (χ2v) is 7.43. The minimum atomic E-state index is -0.408. The Bertz CT molecular complexity index is 923. The number of carbonyl (C=O) groups is 1. The normalized spacial score (nSPS) is 15.8. The molecule has 5 nitrogen and oxygen atoms in total. The second kappa shape index (κ2) is 8.78. The molecule has 0 aromatic heterocycles. The number of piperazine rings is 1. The highest BCUT2D eigenvalue weighted by molar-refractivity contribution is 6.35. The van der Waals surface area contributed by atoms with Gasteiger partial charge in [-0.05, 0) is 43.3 Å². The molecule has 2 aromatic carbocycles. The molecule has 1 atom stereocenters. The molecule has 1 saturated heterocycles. The zero-order valence-corrected chi connectivity index (χ0v) is 16.8. The molecule has 0 aliphatic carbocycles. The quantitative estimate of drug-likeness (QED) is 0.806. The first-order chi connectivity index (χ1) is 13.4. The molecule has 1 heterocycles. The van der Waals surface area contributed by atoms with Crippen LogP contribution in [0.4, 0.5) is 15.8 Å². The van der Waals surface area contributed by atoms with Crippen molar-refractivity contribution in [1.29, 1.82) is 5.26 Å². The van der Waals surface area contributed by atoms with Crippen molar-refractivity contribution in [2.75, 3.05) is 36.4 Å². The number of hydrogen-bond acceptors (Lipinski definition) is 4. The van der Waals surface area contributed by atoms with E-state index in [0.29, 0.717) is 53.2 Å². The van der Waals surface area contributed by atoms with Gasteiger partial charge in [0.05, 0.1) is 34.1 Å². The van der Waals surface area contributed by atoms with Gasteiger partial charge in [-0.3, -0.25) is 9.69 Å². The molecule has 1 aliphatic heterocycles. The van der Waals surface area contributed by atoms with E-state index in [4.69, 9.17) is 28.5 Å². The maximum absolute atomic E-state index is 14.2. The predicted octanol–water partition coefficient (Wildman–Crippen LogP) is 4.15. The van der Waals surface area contributed by atoms with E-state index in [2.05, 4.69) is 5.32 Å². The Morgan fingerprint density at radius 1 is 1.18 bits per heavy atom. The molecule has 0 saturated carbocycles. The standard InChI is InChI=1S/C20H19Cl2FN4O/c1-13(20(28)25-18-11-15(21)3-4-16(18)22)26-6-8-27(9-7-26)19-5-2-14(12-24)10-17(19)23/h2-5,10-11,13H,6-9H2,1H3,(H,25,28). The molecule has 146 valence electrons. The fourth-order valence-corrected chi connectivity index (χ4v) is 3.52. The summed E-state index contributed by atoms with van der Waals surface area (Å²) < 4.78 is 14.2. The number of hydrogen-bond donors (Lipinski definition) is 1. The van der Waals surface area contributed by atoms with Crippen LogP contribution in [0.25, 0.3) is 0 Å². The van der Waals surface area contributed by atoms with Crippen LogP contribution in [-0.4, -0.2) is 43.0 Å². The van der Waals surface area contributed by atoms with Crippen molar-refractivity contribution in [3.63, 3.8) is 0 Å². The Kier molecular flexibility index (Phi) is 6.40. The van der Waals surface area contributed by atoms with Crippen molar-refractivity contribution in [2.24, 2.45) is 0 Å². The van der Waals surface area contributed by atoms with Crippen LogP contribution in [0.3, 0.4) is 0 Å². The molecule has 3 rings (SSSR count). The lowest BCUT2D eigenvalue weighted by atomic mass is 10.1. The van der Waals surface area contributed by atoms with Gasteiger partial charge in [0.1, 0.15) is 5.82 Å². The Morgan fingerprint density at radius 3 is 2.54 bits per heavy atom. The minimum Gasteiger partial charge on any atom is -0.367 e. The molecule has 1 amide bonds. The van der Waals surface area contributed by atoms with Crippen molar-refractivity contribution >= 4 is 40.5 Å². The summed E-state index contributed by atoms with van der Waals surface area (Å²) in [6, 6.07) is 10.9. The van der Waals surface area contributed by atoms with Gasteiger partial charge in [0.15, 0.2) is 0 Å². The summed E-state index contributed by atoms with van der Waals surface area (Å²) in [5, 5.41) is 12.6. The van der Waals surface area contributed by atoms with Crippen LogP contribution in [-0.2, 0) is 4.79 Å². The molecule has 28 heavy (non-hydrogen) atoms. The number of nitrogens with one attached hydrogen (secondary N) is 1. The topological polar surface area (TPSA) is 59.4 Å². The zero-order valence-electron chi connectivity index (χ0n) is 15.3. The van der Waals surface area contributed by atoms with Gasteiger partial charge in [0, 0.05) is 31.2 Å². The Morgan fingerprint density at radius 2 is 1.89 bits per heavy atom. The number of benzene rings is 2. The zero-order chi connectivity index (χ0) is 20.3. The van der Waals surface area contributed by atoms with Crippen molar-refractivity contribution in [1.82, 2.24) is 4.90 Å². The average molecular weight is 421 g/mol. The van der Waals surface area contributed by atoms with E-state index >= 15 is 0 Å². The van der Waals surface area contributed by atoms with Crippen molar-refractivity contribution < 1.29 is 9.18 Å². The lowest BCUT2D eigenvalue weighted by Gasteiger charge is -2.38. The Hall–Kier alpha value is -2.33. The molecule has 1 aliphatic rings. The van der Waals surface area contributed by atoms with Crippen LogP contribution >= 0.6 is 23.2 Å². The van der Waals surface area contributed by atoms with Gasteiger partial charge < -0.3 is 10.2 Å². The maximum atomic E-state index is 14.2. The first-order valence-electron chi connectivity index (χ1n) is 8.83. The third-order valence-electron chi connectivity index (χ3n) is 4.85. The minimum absolute atomic E-state index is 0.179. The number of nitriles is 1. The van der Waals surface area contributed by atoms with Crippen LogP contribution in [0.2, 0.25) is 10.0 Å². The SMILES string of the molecule is CC(C(=O)Nc1cc(Cl)ccc1Cl)N1CCN(c2ccc(C#N)cc2F)CC1. The number of carbonyl (C=O) groups excluding carboxylic acids is 1. The van der Waals surface area contributed by atoms with Gasteiger partial charge >= 0.3 is 0 Å². The van der Waals surface area contributed by atoms with E-state index in [-0.39, 0.29) is 11.9 Å². The average Bonchev–Trinajstić information content (AvgIpc) is 2.70. The molecule has 0 radical (unpaired) electrons. The summed E-state index contributed by atoms with van der Waals surface area (Å²) in [6.07, 6.45) is 0. The molecule has 1 fully saturated rings. The number of anilines is 2. The van der Waals surface area contributed by atoms with E-state index < -0.39 is 5.82 Å². The van der Waals surface area contributed by atoms with Crippen LogP contribution < -0.4 is 10.2 Å². The summed E-state index contributed by atoms with van der Waals surface area (Å²) >= 11 is 12.1. The van der Waals surface area contributed by atoms with Crippen LogP contribution in [0, 0.1) is 17.1 Å². The fraction of sp³-hybridized carbons (Fsp3) is 0.300. The van der Waals surface area contributed by atoms with E-state index in [0.717, 1.165) is 0 Å². The Balaban J connectivity index is 1.60. The van der Waals surface area contributed by atoms with Crippen molar-refractivity contribution in [3.8, 4) is 6.07 Å². The number of amides is 1. The first kappa shape index (κ1) is 20.4. The summed E-state index contributed by atoms with van der Waals surface area (Å²) in [5.74, 6) is -0.587. The van der Waals surface area contributed by atoms with Crippen molar-refractivity contribution in [3.05, 3.63) is 57.8 Å². The van der Waals surface area contributed by atoms with Gasteiger partial charge in [0.25, 0.3) is 0 Å². The monoisotopic (exact) mass is 420 g/mol. The van der Waals surface area contributed by atoms with Crippen LogP contribution in [0.5, 0.6) is 0 Å². The summed E-state index contributed by atoms with van der Waals surface area (Å²) in [6.45, 7) is 4.21. The van der Waals surface area contributed by atoms with Gasteiger partial charge in [0.2, 0.25) is 5.91 Å². The highest BCUT2D eigenvalue weighted by Crippen LogP contribution is 2.26. The molecular weight excluding hydrogens is 402 g/mol. The van der Waals surface area contributed by atoms with Gasteiger partial charge in [-0.2, -0.15) is 5.26 Å². The number of nitrogens with zero attached hydrogens (tertiary/aromatic N) is 3. The summed E-state index contributed by atoms with van der Waals surface area (Å²) in [5.41, 5.74) is 1.25. The number of halogens is 3. The molecule has 0 spiro atoms. The summed E-state index contributed by atoms with van der Waals surface area (Å²) in [4.78, 5) is 16.5. The van der Waals surface area contributed by atoms with Gasteiger partial charge in [-0.25, -0.2) is 4.39 Å². The highest BCUT2D eigenvalue weighted by Gasteiger charge is 2.27. The van der Waals surface area contributed by atoms with E-state index in [9.17, 15) is 9.18 Å². The molecule has 0 bridgehead atoms. The number of rotatable bonds is 4. The second-order valence-electron chi connectivity index (χ2n) is 6.59. The fourth-order valence-electron chi connectivity index (χ4n) is 3.18. The first-order valence-corrected chi connectivity index (χ1v) is 9.59. The smallest absolute Gasteiger partial charge is 0.241 e. The largest absolute Gasteiger partial charge is 0.367 e. The van der Waals surface area contributed by atoms with Crippen LogP contribution in [0.15, 0.2) is 36.4 Å². The van der Waals surface area contributed by atoms with E-state index in [1.165, 1.54) is 6.07 Å². The lowest BCUT2D eigenvalue weighted by molar-refractivity contribution is -0.120. The lowest BCUT2D eigenvalue weighted by Crippen LogP contribution is -2.53. The highest BCUT2D eigenvalue weighted by atomic mass is 35.5. The maximum Gasteiger partial charge on any atom is 0.241 e. The molecular formula is C20H19Cl2FN4O. The van der Waals surface area contributed by atoms with Gasteiger partial charge in [-0.1, -0.05) is 23.2 Å². The molecule has 2 aromatic rings. The molecule has 1 unspecified atom stereocenters.